The molecule has 0 fully saturated rings. The Hall–Kier alpha value is -0.650. The van der Waals surface area contributed by atoms with Crippen molar-refractivity contribution in [3.63, 3.8) is 0 Å². The van der Waals surface area contributed by atoms with E-state index in [0.29, 0.717) is 5.02 Å². The maximum atomic E-state index is 5.87. The zero-order valence-electron chi connectivity index (χ0n) is 8.35. The van der Waals surface area contributed by atoms with Crippen LogP contribution in [-0.4, -0.2) is 10.2 Å². The number of aromatic nitrogens is 2. The zero-order chi connectivity index (χ0) is 11.5. The van der Waals surface area contributed by atoms with Crippen LogP contribution in [0.5, 0.6) is 5.75 Å². The zero-order valence-corrected chi connectivity index (χ0v) is 11.5. The van der Waals surface area contributed by atoms with Crippen molar-refractivity contribution in [1.29, 1.82) is 0 Å². The van der Waals surface area contributed by atoms with Gasteiger partial charge in [-0.15, -0.1) is 10.2 Å². The molecule has 0 saturated carbocycles. The van der Waals surface area contributed by atoms with Crippen molar-refractivity contribution in [2.75, 3.05) is 0 Å². The molecule has 2 aromatic rings. The molecule has 1 unspecified atom stereocenters. The van der Waals surface area contributed by atoms with Crippen LogP contribution in [0, 0.1) is 0 Å². The fourth-order valence-corrected chi connectivity index (χ4v) is 2.48. The van der Waals surface area contributed by atoms with E-state index in [-0.39, 0.29) is 6.10 Å². The van der Waals surface area contributed by atoms with Gasteiger partial charge in [-0.2, -0.15) is 0 Å². The summed E-state index contributed by atoms with van der Waals surface area (Å²) in [7, 11) is 0. The minimum absolute atomic E-state index is 0.137. The average molecular weight is 320 g/mol. The Kier molecular flexibility index (Phi) is 3.78. The van der Waals surface area contributed by atoms with E-state index >= 15 is 0 Å². The highest BCUT2D eigenvalue weighted by Gasteiger charge is 2.12. The van der Waals surface area contributed by atoms with Crippen LogP contribution in [0.3, 0.4) is 0 Å². The van der Waals surface area contributed by atoms with Gasteiger partial charge < -0.3 is 4.74 Å². The lowest BCUT2D eigenvalue weighted by atomic mass is 10.3. The van der Waals surface area contributed by atoms with Crippen LogP contribution < -0.4 is 4.74 Å². The van der Waals surface area contributed by atoms with Gasteiger partial charge in [0.15, 0.2) is 8.92 Å². The summed E-state index contributed by atoms with van der Waals surface area (Å²) in [6, 6.07) is 7.29. The van der Waals surface area contributed by atoms with Crippen LogP contribution in [0.4, 0.5) is 0 Å². The number of halogens is 2. The standard InChI is InChI=1S/C10H8BrClN2OS/c1-6(9-13-14-10(11)16-9)15-8-4-2-3-7(12)5-8/h2-6H,1H3. The van der Waals surface area contributed by atoms with Crippen LogP contribution >= 0.6 is 38.9 Å². The summed E-state index contributed by atoms with van der Waals surface area (Å²) in [6.45, 7) is 1.92. The summed E-state index contributed by atoms with van der Waals surface area (Å²) in [5, 5.41) is 9.36. The van der Waals surface area contributed by atoms with E-state index in [9.17, 15) is 0 Å². The van der Waals surface area contributed by atoms with Gasteiger partial charge in [-0.25, -0.2) is 0 Å². The van der Waals surface area contributed by atoms with E-state index in [1.54, 1.807) is 12.1 Å². The highest BCUT2D eigenvalue weighted by Crippen LogP contribution is 2.27. The summed E-state index contributed by atoms with van der Waals surface area (Å²) in [5.41, 5.74) is 0. The van der Waals surface area contributed by atoms with Crippen LogP contribution in [0.15, 0.2) is 28.2 Å². The Labute approximate surface area is 111 Å². The topological polar surface area (TPSA) is 35.0 Å². The molecule has 1 atom stereocenters. The van der Waals surface area contributed by atoms with Gasteiger partial charge in [0.25, 0.3) is 0 Å². The van der Waals surface area contributed by atoms with E-state index in [1.165, 1.54) is 11.3 Å². The van der Waals surface area contributed by atoms with E-state index < -0.39 is 0 Å². The molecule has 0 aliphatic heterocycles. The number of nitrogens with zero attached hydrogens (tertiary/aromatic N) is 2. The number of rotatable bonds is 3. The predicted octanol–water partition coefficient (Wildman–Crippen LogP) is 4.09. The minimum atomic E-state index is -0.137. The number of ether oxygens (including phenoxy) is 1. The molecule has 0 bridgehead atoms. The summed E-state index contributed by atoms with van der Waals surface area (Å²) in [6.07, 6.45) is -0.137. The molecule has 1 aromatic carbocycles. The molecule has 6 heteroatoms. The lowest BCUT2D eigenvalue weighted by molar-refractivity contribution is 0.225. The molecule has 84 valence electrons. The summed E-state index contributed by atoms with van der Waals surface area (Å²) < 4.78 is 6.45. The lowest BCUT2D eigenvalue weighted by Gasteiger charge is -2.11. The molecule has 0 N–H and O–H groups in total. The van der Waals surface area contributed by atoms with Crippen molar-refractivity contribution < 1.29 is 4.74 Å². The predicted molar refractivity (Wildman–Crippen MR) is 68.1 cm³/mol. The monoisotopic (exact) mass is 318 g/mol. The highest BCUT2D eigenvalue weighted by molar-refractivity contribution is 9.11. The first kappa shape index (κ1) is 11.8. The third-order valence-corrected chi connectivity index (χ3v) is 3.62. The first-order valence-corrected chi connectivity index (χ1v) is 6.55. The minimum Gasteiger partial charge on any atom is -0.483 e. The third kappa shape index (κ3) is 2.93. The summed E-state index contributed by atoms with van der Waals surface area (Å²) in [5.74, 6) is 0.728. The van der Waals surface area contributed by atoms with Gasteiger partial charge in [0.05, 0.1) is 0 Å². The normalized spacial score (nSPS) is 12.4. The lowest BCUT2D eigenvalue weighted by Crippen LogP contribution is -2.02. The van der Waals surface area contributed by atoms with Crippen LogP contribution in [0.2, 0.25) is 5.02 Å². The van der Waals surface area contributed by atoms with Gasteiger partial charge in [0.2, 0.25) is 0 Å². The summed E-state index contributed by atoms with van der Waals surface area (Å²) >= 11 is 10.6. The van der Waals surface area contributed by atoms with Crippen molar-refractivity contribution in [1.82, 2.24) is 10.2 Å². The van der Waals surface area contributed by atoms with Crippen molar-refractivity contribution >= 4 is 38.9 Å². The first-order valence-electron chi connectivity index (χ1n) is 4.56. The van der Waals surface area contributed by atoms with E-state index in [4.69, 9.17) is 16.3 Å². The van der Waals surface area contributed by atoms with E-state index in [0.717, 1.165) is 14.7 Å². The number of hydrogen-bond donors (Lipinski definition) is 0. The molecular formula is C10H8BrClN2OS. The van der Waals surface area contributed by atoms with Gasteiger partial charge in [-0.3, -0.25) is 0 Å². The molecule has 0 aliphatic carbocycles. The van der Waals surface area contributed by atoms with Gasteiger partial charge >= 0.3 is 0 Å². The second kappa shape index (κ2) is 5.12. The highest BCUT2D eigenvalue weighted by atomic mass is 79.9. The Bertz CT molecular complexity index is 491. The van der Waals surface area contributed by atoms with Crippen molar-refractivity contribution in [2.45, 2.75) is 13.0 Å². The molecule has 1 heterocycles. The SMILES string of the molecule is CC(Oc1cccc(Cl)c1)c1nnc(Br)s1. The van der Waals surface area contributed by atoms with Crippen LogP contribution in [0.25, 0.3) is 0 Å². The molecular weight excluding hydrogens is 312 g/mol. The second-order valence-electron chi connectivity index (χ2n) is 3.11. The smallest absolute Gasteiger partial charge is 0.183 e. The quantitative estimate of drug-likeness (QED) is 0.854. The molecule has 3 nitrogen and oxygen atoms in total. The second-order valence-corrected chi connectivity index (χ2v) is 5.83. The van der Waals surface area contributed by atoms with Crippen molar-refractivity contribution in [2.24, 2.45) is 0 Å². The van der Waals surface area contributed by atoms with Crippen LogP contribution in [0.1, 0.15) is 18.0 Å². The Morgan fingerprint density at radius 1 is 1.44 bits per heavy atom. The maximum absolute atomic E-state index is 5.87. The number of hydrogen-bond acceptors (Lipinski definition) is 4. The Morgan fingerprint density at radius 2 is 2.25 bits per heavy atom. The van der Waals surface area contributed by atoms with E-state index in [1.807, 2.05) is 19.1 Å². The van der Waals surface area contributed by atoms with E-state index in [2.05, 4.69) is 26.1 Å². The van der Waals surface area contributed by atoms with Gasteiger partial charge in [0, 0.05) is 5.02 Å². The molecule has 16 heavy (non-hydrogen) atoms. The molecule has 0 spiro atoms. The van der Waals surface area contributed by atoms with Gasteiger partial charge in [-0.1, -0.05) is 29.0 Å². The Balaban J connectivity index is 2.10. The molecule has 0 aliphatic rings. The largest absolute Gasteiger partial charge is 0.483 e. The molecule has 0 amide bonds. The first-order chi connectivity index (χ1) is 7.65. The summed E-state index contributed by atoms with van der Waals surface area (Å²) in [4.78, 5) is 0. The fraction of sp³-hybridized carbons (Fsp3) is 0.200. The van der Waals surface area contributed by atoms with Crippen molar-refractivity contribution in [3.8, 4) is 5.75 Å². The maximum Gasteiger partial charge on any atom is 0.183 e. The molecule has 1 aromatic heterocycles. The van der Waals surface area contributed by atoms with Gasteiger partial charge in [0.1, 0.15) is 11.9 Å². The van der Waals surface area contributed by atoms with Crippen LogP contribution in [-0.2, 0) is 0 Å². The Morgan fingerprint density at radius 3 is 2.88 bits per heavy atom. The molecule has 0 saturated heterocycles. The fourth-order valence-electron chi connectivity index (χ4n) is 1.17. The average Bonchev–Trinajstić information content (AvgIpc) is 2.65. The third-order valence-electron chi connectivity index (χ3n) is 1.87. The molecule has 2 rings (SSSR count). The molecule has 0 radical (unpaired) electrons. The van der Waals surface area contributed by atoms with Crippen molar-refractivity contribution in [3.05, 3.63) is 38.2 Å². The van der Waals surface area contributed by atoms with Gasteiger partial charge in [-0.05, 0) is 41.1 Å². The number of benzene rings is 1.